The molecule has 0 aromatic heterocycles. The molecule has 4 atom stereocenters. The molecule has 1 fully saturated rings. The minimum Gasteiger partial charge on any atom is -0.393 e. The maximum absolute atomic E-state index is 9.64. The summed E-state index contributed by atoms with van der Waals surface area (Å²) in [6.45, 7) is 5.50. The van der Waals surface area contributed by atoms with Gasteiger partial charge in [0.15, 0.2) is 0 Å². The zero-order valence-electron chi connectivity index (χ0n) is 7.83. The number of piperidine rings is 1. The number of nitrogens with one attached hydrogen (secondary N) is 1. The predicted molar refractivity (Wildman–Crippen MR) is 47.8 cm³/mol. The highest BCUT2D eigenvalue weighted by molar-refractivity contribution is 4.82. The third-order valence-corrected chi connectivity index (χ3v) is 2.93. The van der Waals surface area contributed by atoms with Crippen molar-refractivity contribution in [3.8, 4) is 0 Å². The van der Waals surface area contributed by atoms with Crippen molar-refractivity contribution in [3.63, 3.8) is 0 Å². The van der Waals surface area contributed by atoms with E-state index in [4.69, 9.17) is 0 Å². The lowest BCUT2D eigenvalue weighted by Crippen LogP contribution is -2.45. The third kappa shape index (κ3) is 2.19. The van der Waals surface area contributed by atoms with Gasteiger partial charge in [-0.05, 0) is 25.8 Å². The van der Waals surface area contributed by atoms with Gasteiger partial charge in [0, 0.05) is 12.5 Å². The smallest absolute Gasteiger partial charge is 0.0596 e. The molecule has 1 aliphatic rings. The van der Waals surface area contributed by atoms with Crippen LogP contribution in [0, 0.1) is 11.8 Å². The molecule has 0 aromatic carbocycles. The van der Waals surface area contributed by atoms with E-state index in [-0.39, 0.29) is 24.0 Å². The first kappa shape index (κ1) is 9.96. The fraction of sp³-hybridized carbons (Fsp3) is 1.00. The zero-order chi connectivity index (χ0) is 9.14. The first-order chi connectivity index (χ1) is 5.63. The van der Waals surface area contributed by atoms with E-state index in [0.29, 0.717) is 0 Å². The Labute approximate surface area is 73.8 Å². The van der Waals surface area contributed by atoms with Gasteiger partial charge in [0.2, 0.25) is 0 Å². The summed E-state index contributed by atoms with van der Waals surface area (Å²) in [4.78, 5) is 0. The molecule has 3 N–H and O–H groups in total. The quantitative estimate of drug-likeness (QED) is 0.550. The first-order valence-electron chi connectivity index (χ1n) is 4.69. The molecule has 1 rings (SSSR count). The molecular formula is C9H19NO2. The lowest BCUT2D eigenvalue weighted by molar-refractivity contribution is 0.00609. The molecular weight excluding hydrogens is 154 g/mol. The van der Waals surface area contributed by atoms with Gasteiger partial charge in [-0.2, -0.15) is 0 Å². The summed E-state index contributed by atoms with van der Waals surface area (Å²) in [6.07, 6.45) is 0.238. The maximum Gasteiger partial charge on any atom is 0.0596 e. The van der Waals surface area contributed by atoms with Crippen LogP contribution in [0.1, 0.15) is 20.3 Å². The van der Waals surface area contributed by atoms with Crippen molar-refractivity contribution < 1.29 is 10.2 Å². The highest BCUT2D eigenvalue weighted by Gasteiger charge is 2.29. The fourth-order valence-electron chi connectivity index (χ4n) is 1.76. The SMILES string of the molecule is CC(O)C(C)C1CNCCC1O. The van der Waals surface area contributed by atoms with Crippen molar-refractivity contribution in [2.24, 2.45) is 11.8 Å². The third-order valence-electron chi connectivity index (χ3n) is 2.93. The van der Waals surface area contributed by atoms with Gasteiger partial charge in [0.05, 0.1) is 12.2 Å². The Hall–Kier alpha value is -0.120. The van der Waals surface area contributed by atoms with Gasteiger partial charge in [-0.3, -0.25) is 0 Å². The van der Waals surface area contributed by atoms with Crippen molar-refractivity contribution in [1.82, 2.24) is 5.32 Å². The summed E-state index contributed by atoms with van der Waals surface area (Å²) in [5, 5.41) is 22.2. The Morgan fingerprint density at radius 1 is 1.42 bits per heavy atom. The molecule has 3 heteroatoms. The summed E-state index contributed by atoms with van der Waals surface area (Å²) in [5.74, 6) is 0.381. The summed E-state index contributed by atoms with van der Waals surface area (Å²) >= 11 is 0. The van der Waals surface area contributed by atoms with Crippen molar-refractivity contribution in [1.29, 1.82) is 0 Å². The van der Waals surface area contributed by atoms with Crippen LogP contribution >= 0.6 is 0 Å². The van der Waals surface area contributed by atoms with Crippen LogP contribution in [0.3, 0.4) is 0 Å². The van der Waals surface area contributed by atoms with Crippen molar-refractivity contribution >= 4 is 0 Å². The summed E-state index contributed by atoms with van der Waals surface area (Å²) < 4.78 is 0. The highest BCUT2D eigenvalue weighted by Crippen LogP contribution is 2.22. The minimum absolute atomic E-state index is 0.174. The Balaban J connectivity index is 2.47. The van der Waals surface area contributed by atoms with Crippen LogP contribution in [-0.2, 0) is 0 Å². The molecule has 1 saturated heterocycles. The van der Waals surface area contributed by atoms with E-state index < -0.39 is 0 Å². The Morgan fingerprint density at radius 2 is 2.08 bits per heavy atom. The van der Waals surface area contributed by atoms with Crippen LogP contribution in [0.5, 0.6) is 0 Å². The fourth-order valence-corrected chi connectivity index (χ4v) is 1.76. The average molecular weight is 173 g/mol. The van der Waals surface area contributed by atoms with Crippen molar-refractivity contribution in [2.75, 3.05) is 13.1 Å². The first-order valence-corrected chi connectivity index (χ1v) is 4.69. The van der Waals surface area contributed by atoms with Crippen LogP contribution in [0.25, 0.3) is 0 Å². The number of aliphatic hydroxyl groups is 2. The Bertz CT molecular complexity index is 138. The number of hydrogen-bond donors (Lipinski definition) is 3. The van der Waals surface area contributed by atoms with E-state index in [9.17, 15) is 10.2 Å². The van der Waals surface area contributed by atoms with Crippen LogP contribution in [0.4, 0.5) is 0 Å². The second-order valence-electron chi connectivity index (χ2n) is 3.82. The van der Waals surface area contributed by atoms with Gasteiger partial charge in [-0.15, -0.1) is 0 Å². The molecule has 0 amide bonds. The Morgan fingerprint density at radius 3 is 2.58 bits per heavy atom. The highest BCUT2D eigenvalue weighted by atomic mass is 16.3. The van der Waals surface area contributed by atoms with Crippen molar-refractivity contribution in [3.05, 3.63) is 0 Å². The maximum atomic E-state index is 9.64. The normalized spacial score (nSPS) is 36.0. The molecule has 0 aromatic rings. The average Bonchev–Trinajstić information content (AvgIpc) is 2.04. The molecule has 72 valence electrons. The largest absolute Gasteiger partial charge is 0.393 e. The molecule has 1 aliphatic heterocycles. The second-order valence-corrected chi connectivity index (χ2v) is 3.82. The number of aliphatic hydroxyl groups excluding tert-OH is 2. The lowest BCUT2D eigenvalue weighted by Gasteiger charge is -2.34. The van der Waals surface area contributed by atoms with Gasteiger partial charge >= 0.3 is 0 Å². The topological polar surface area (TPSA) is 52.5 Å². The van der Waals surface area contributed by atoms with Gasteiger partial charge in [0.25, 0.3) is 0 Å². The van der Waals surface area contributed by atoms with Gasteiger partial charge in [-0.25, -0.2) is 0 Å². The lowest BCUT2D eigenvalue weighted by atomic mass is 9.82. The molecule has 0 spiro atoms. The van der Waals surface area contributed by atoms with Gasteiger partial charge < -0.3 is 15.5 Å². The van der Waals surface area contributed by atoms with E-state index in [1.54, 1.807) is 6.92 Å². The van der Waals surface area contributed by atoms with Crippen LogP contribution < -0.4 is 5.32 Å². The molecule has 0 saturated carbocycles. The number of rotatable bonds is 2. The van der Waals surface area contributed by atoms with Gasteiger partial charge in [0.1, 0.15) is 0 Å². The molecule has 12 heavy (non-hydrogen) atoms. The Kier molecular flexibility index (Phi) is 3.50. The number of hydrogen-bond acceptors (Lipinski definition) is 3. The molecule has 3 nitrogen and oxygen atoms in total. The van der Waals surface area contributed by atoms with E-state index in [0.717, 1.165) is 19.5 Å². The predicted octanol–water partition coefficient (Wildman–Crippen LogP) is -0.0263. The molecule has 1 heterocycles. The molecule has 4 unspecified atom stereocenters. The molecule has 0 radical (unpaired) electrons. The van der Waals surface area contributed by atoms with Crippen LogP contribution in [0.15, 0.2) is 0 Å². The minimum atomic E-state index is -0.329. The molecule has 0 aliphatic carbocycles. The summed E-state index contributed by atoms with van der Waals surface area (Å²) in [5.41, 5.74) is 0. The van der Waals surface area contributed by atoms with E-state index >= 15 is 0 Å². The zero-order valence-corrected chi connectivity index (χ0v) is 7.83. The standard InChI is InChI=1S/C9H19NO2/c1-6(7(2)11)8-5-10-4-3-9(8)12/h6-12H,3-5H2,1-2H3. The summed E-state index contributed by atoms with van der Waals surface area (Å²) in [6, 6.07) is 0. The van der Waals surface area contributed by atoms with E-state index in [2.05, 4.69) is 5.32 Å². The van der Waals surface area contributed by atoms with E-state index in [1.807, 2.05) is 6.92 Å². The van der Waals surface area contributed by atoms with Crippen molar-refractivity contribution in [2.45, 2.75) is 32.5 Å². The van der Waals surface area contributed by atoms with Crippen LogP contribution in [-0.4, -0.2) is 35.5 Å². The van der Waals surface area contributed by atoms with E-state index in [1.165, 1.54) is 0 Å². The van der Waals surface area contributed by atoms with Gasteiger partial charge in [-0.1, -0.05) is 6.92 Å². The monoisotopic (exact) mass is 173 g/mol. The van der Waals surface area contributed by atoms with Crippen LogP contribution in [0.2, 0.25) is 0 Å². The molecule has 0 bridgehead atoms. The second kappa shape index (κ2) is 4.21. The summed E-state index contributed by atoms with van der Waals surface area (Å²) in [7, 11) is 0.